The van der Waals surface area contributed by atoms with Crippen LogP contribution in [-0.4, -0.2) is 30.7 Å². The lowest BCUT2D eigenvalue weighted by Crippen LogP contribution is -2.10. The van der Waals surface area contributed by atoms with Crippen molar-refractivity contribution in [2.24, 2.45) is 0 Å². The molecule has 0 fully saturated rings. The molecule has 0 aliphatic heterocycles. The Morgan fingerprint density at radius 1 is 0.897 bits per heavy atom. The van der Waals surface area contributed by atoms with E-state index in [4.69, 9.17) is 0 Å². The van der Waals surface area contributed by atoms with E-state index in [1.807, 2.05) is 48.5 Å². The van der Waals surface area contributed by atoms with Gasteiger partial charge in [0.2, 0.25) is 0 Å². The number of carbonyl (C=O) groups is 1. The Hall–Kier alpha value is -4.00. The highest BCUT2D eigenvalue weighted by Crippen LogP contribution is 2.15. The number of para-hydroxylation sites is 1. The van der Waals surface area contributed by atoms with Crippen molar-refractivity contribution in [3.63, 3.8) is 0 Å². The number of carbonyl (C=O) groups excluding carboxylic acids is 1. The van der Waals surface area contributed by atoms with Crippen LogP contribution in [0.1, 0.15) is 22.0 Å². The van der Waals surface area contributed by atoms with Crippen LogP contribution in [0.4, 0.5) is 11.5 Å². The molecule has 4 aromatic rings. The maximum Gasteiger partial charge on any atom is 0.181 e. The Kier molecular flexibility index (Phi) is 5.29. The first-order valence-electron chi connectivity index (χ1n) is 9.12. The van der Waals surface area contributed by atoms with Crippen LogP contribution in [0.3, 0.4) is 0 Å². The van der Waals surface area contributed by atoms with Crippen molar-refractivity contribution in [1.82, 2.24) is 24.9 Å². The number of nitrogens with zero attached hydrogens (tertiary/aromatic N) is 5. The third-order valence-electron chi connectivity index (χ3n) is 4.14. The zero-order chi connectivity index (χ0) is 20.1. The number of anilines is 2. The van der Waals surface area contributed by atoms with Crippen LogP contribution >= 0.6 is 0 Å². The van der Waals surface area contributed by atoms with Crippen LogP contribution < -0.4 is 5.32 Å². The van der Waals surface area contributed by atoms with Gasteiger partial charge in [-0.15, -0.1) is 0 Å². The third-order valence-corrected chi connectivity index (χ3v) is 4.14. The summed E-state index contributed by atoms with van der Waals surface area (Å²) in [5.41, 5.74) is 2.08. The number of benzene rings is 1. The van der Waals surface area contributed by atoms with Gasteiger partial charge in [0.15, 0.2) is 11.6 Å². The number of aryl methyl sites for hydroxylation is 1. The molecule has 0 atom stereocenters. The average molecular weight is 382 g/mol. The largest absolute Gasteiger partial charge is 0.340 e. The molecule has 3 heterocycles. The van der Waals surface area contributed by atoms with Gasteiger partial charge >= 0.3 is 0 Å². The Morgan fingerprint density at radius 3 is 2.45 bits per heavy atom. The van der Waals surface area contributed by atoms with Crippen LogP contribution in [0.15, 0.2) is 73.1 Å². The zero-order valence-electron chi connectivity index (χ0n) is 15.8. The number of Topliss-reactive ketones (excluding diaryl/α,β-unsaturated/α-hetero) is 1. The second-order valence-electron chi connectivity index (χ2n) is 6.36. The van der Waals surface area contributed by atoms with E-state index in [2.05, 4.69) is 30.2 Å². The summed E-state index contributed by atoms with van der Waals surface area (Å²) in [7, 11) is 0. The molecule has 1 aromatic carbocycles. The van der Waals surface area contributed by atoms with Crippen molar-refractivity contribution in [3.8, 4) is 11.5 Å². The summed E-state index contributed by atoms with van der Waals surface area (Å²) in [5, 5.41) is 3.19. The molecule has 0 radical (unpaired) electrons. The Morgan fingerprint density at radius 2 is 1.72 bits per heavy atom. The van der Waals surface area contributed by atoms with E-state index >= 15 is 0 Å². The van der Waals surface area contributed by atoms with Crippen molar-refractivity contribution in [2.75, 3.05) is 5.32 Å². The third kappa shape index (κ3) is 4.65. The Balaban J connectivity index is 1.49. The minimum atomic E-state index is -0.110. The summed E-state index contributed by atoms with van der Waals surface area (Å²) in [6.07, 6.45) is 3.30. The average Bonchev–Trinajstić information content (AvgIpc) is 2.75. The molecule has 0 aliphatic rings. The van der Waals surface area contributed by atoms with E-state index < -0.39 is 0 Å². The second kappa shape index (κ2) is 8.35. The SMILES string of the molecule is Cc1nc(CC(=O)c2ccc(Nc3ccccc3)nc2)nc(-c2ccccn2)n1. The summed E-state index contributed by atoms with van der Waals surface area (Å²) in [6.45, 7) is 1.77. The number of hydrogen-bond acceptors (Lipinski definition) is 7. The molecular weight excluding hydrogens is 364 g/mol. The van der Waals surface area contributed by atoms with Gasteiger partial charge in [0.05, 0.1) is 6.42 Å². The first-order chi connectivity index (χ1) is 14.2. The Bertz CT molecular complexity index is 1120. The molecule has 29 heavy (non-hydrogen) atoms. The summed E-state index contributed by atoms with van der Waals surface area (Å²) >= 11 is 0. The highest BCUT2D eigenvalue weighted by Gasteiger charge is 2.13. The maximum absolute atomic E-state index is 12.7. The van der Waals surface area contributed by atoms with Gasteiger partial charge in [-0.2, -0.15) is 0 Å². The molecule has 1 N–H and O–H groups in total. The Labute approximate surface area is 168 Å². The molecule has 0 saturated carbocycles. The van der Waals surface area contributed by atoms with Crippen LogP contribution in [0, 0.1) is 6.92 Å². The molecule has 7 nitrogen and oxygen atoms in total. The highest BCUT2D eigenvalue weighted by atomic mass is 16.1. The lowest BCUT2D eigenvalue weighted by atomic mass is 10.1. The number of hydrogen-bond donors (Lipinski definition) is 1. The molecule has 4 rings (SSSR count). The fourth-order valence-corrected chi connectivity index (χ4v) is 2.77. The number of aromatic nitrogens is 5. The van der Waals surface area contributed by atoms with Gasteiger partial charge in [-0.25, -0.2) is 19.9 Å². The standard InChI is InChI=1S/C22H18N6O/c1-15-25-21(28-22(26-15)18-9-5-6-12-23-18)13-19(29)16-10-11-20(24-14-16)27-17-7-3-2-4-8-17/h2-12,14H,13H2,1H3,(H,24,27). The highest BCUT2D eigenvalue weighted by molar-refractivity contribution is 5.97. The quantitative estimate of drug-likeness (QED) is 0.507. The molecule has 0 bridgehead atoms. The molecule has 3 aromatic heterocycles. The normalized spacial score (nSPS) is 10.5. The predicted molar refractivity (Wildman–Crippen MR) is 110 cm³/mol. The monoisotopic (exact) mass is 382 g/mol. The molecule has 0 unspecified atom stereocenters. The van der Waals surface area contributed by atoms with Gasteiger partial charge in [0.25, 0.3) is 0 Å². The molecule has 7 heteroatoms. The van der Waals surface area contributed by atoms with E-state index in [-0.39, 0.29) is 12.2 Å². The predicted octanol–water partition coefficient (Wildman–Crippen LogP) is 3.81. The lowest BCUT2D eigenvalue weighted by molar-refractivity contribution is 0.0990. The molecule has 0 amide bonds. The van der Waals surface area contributed by atoms with Crippen molar-refractivity contribution in [3.05, 3.63) is 90.3 Å². The summed E-state index contributed by atoms with van der Waals surface area (Å²) in [5.74, 6) is 1.97. The lowest BCUT2D eigenvalue weighted by Gasteiger charge is -2.07. The van der Waals surface area contributed by atoms with E-state index in [1.54, 1.807) is 31.5 Å². The molecule has 0 aliphatic carbocycles. The first-order valence-corrected chi connectivity index (χ1v) is 9.12. The van der Waals surface area contributed by atoms with E-state index in [1.165, 1.54) is 0 Å². The van der Waals surface area contributed by atoms with Crippen molar-refractivity contribution in [1.29, 1.82) is 0 Å². The van der Waals surface area contributed by atoms with Gasteiger partial charge in [-0.3, -0.25) is 9.78 Å². The van der Waals surface area contributed by atoms with Crippen molar-refractivity contribution >= 4 is 17.3 Å². The van der Waals surface area contributed by atoms with Gasteiger partial charge in [-0.05, 0) is 43.3 Å². The smallest absolute Gasteiger partial charge is 0.181 e. The number of rotatable bonds is 6. The van der Waals surface area contributed by atoms with Crippen LogP contribution in [0.2, 0.25) is 0 Å². The minimum absolute atomic E-state index is 0.0658. The summed E-state index contributed by atoms with van der Waals surface area (Å²) in [6, 6.07) is 18.8. The molecule has 0 spiro atoms. The molecule has 142 valence electrons. The van der Waals surface area contributed by atoms with Crippen LogP contribution in [0.5, 0.6) is 0 Å². The number of ketones is 1. The fourth-order valence-electron chi connectivity index (χ4n) is 2.77. The first kappa shape index (κ1) is 18.4. The van der Waals surface area contributed by atoms with Gasteiger partial charge in [0, 0.05) is 23.6 Å². The summed E-state index contributed by atoms with van der Waals surface area (Å²) < 4.78 is 0. The van der Waals surface area contributed by atoms with Crippen LogP contribution in [0.25, 0.3) is 11.5 Å². The van der Waals surface area contributed by atoms with E-state index in [9.17, 15) is 4.79 Å². The van der Waals surface area contributed by atoms with Crippen LogP contribution in [-0.2, 0) is 6.42 Å². The molecule has 0 saturated heterocycles. The van der Waals surface area contributed by atoms with Crippen molar-refractivity contribution < 1.29 is 4.79 Å². The topological polar surface area (TPSA) is 93.6 Å². The zero-order valence-corrected chi connectivity index (χ0v) is 15.8. The van der Waals surface area contributed by atoms with Gasteiger partial charge in [0.1, 0.15) is 23.2 Å². The number of pyridine rings is 2. The van der Waals surface area contributed by atoms with E-state index in [0.717, 1.165) is 5.69 Å². The fraction of sp³-hybridized carbons (Fsp3) is 0.0909. The van der Waals surface area contributed by atoms with Crippen molar-refractivity contribution in [2.45, 2.75) is 13.3 Å². The van der Waals surface area contributed by atoms with Gasteiger partial charge in [-0.1, -0.05) is 24.3 Å². The summed E-state index contributed by atoms with van der Waals surface area (Å²) in [4.78, 5) is 34.3. The minimum Gasteiger partial charge on any atom is -0.340 e. The maximum atomic E-state index is 12.7. The molecular formula is C22H18N6O. The second-order valence-corrected chi connectivity index (χ2v) is 6.36. The van der Waals surface area contributed by atoms with E-state index in [0.29, 0.717) is 34.5 Å². The van der Waals surface area contributed by atoms with Gasteiger partial charge < -0.3 is 5.32 Å². The number of nitrogens with one attached hydrogen (secondary N) is 1.